The summed E-state index contributed by atoms with van der Waals surface area (Å²) in [4.78, 5) is 37.5. The molecule has 0 aliphatic carbocycles. The quantitative estimate of drug-likeness (QED) is 0.0268. The third-order valence-electron chi connectivity index (χ3n) is 9.20. The van der Waals surface area contributed by atoms with Crippen LogP contribution >= 0.6 is 0 Å². The molecule has 55 heavy (non-hydrogen) atoms. The minimum absolute atomic E-state index is 0.0936. The number of hydrogen-bond acceptors (Lipinski definition) is 6. The highest BCUT2D eigenvalue weighted by Crippen LogP contribution is 2.12. The van der Waals surface area contributed by atoms with Crippen LogP contribution in [0.4, 0.5) is 0 Å². The van der Waals surface area contributed by atoms with Gasteiger partial charge in [0.05, 0.1) is 0 Å². The van der Waals surface area contributed by atoms with E-state index >= 15 is 0 Å². The largest absolute Gasteiger partial charge is 0.462 e. The zero-order chi connectivity index (χ0) is 40.1. The molecule has 1 unspecified atom stereocenters. The highest BCUT2D eigenvalue weighted by Gasteiger charge is 2.19. The van der Waals surface area contributed by atoms with Crippen LogP contribution in [0, 0.1) is 0 Å². The molecule has 6 heteroatoms. The van der Waals surface area contributed by atoms with Crippen molar-refractivity contribution in [3.63, 3.8) is 0 Å². The second-order valence-electron chi connectivity index (χ2n) is 14.6. The molecule has 0 aliphatic rings. The van der Waals surface area contributed by atoms with Gasteiger partial charge in [-0.1, -0.05) is 164 Å². The molecule has 0 aromatic carbocycles. The molecule has 0 spiro atoms. The normalized spacial score (nSPS) is 12.7. The number of ether oxygens (including phenoxy) is 3. The molecule has 0 aliphatic heterocycles. The molecule has 0 aromatic rings. The molecular formula is C49H82O6. The highest BCUT2D eigenvalue weighted by molar-refractivity contribution is 5.71. The van der Waals surface area contributed by atoms with Crippen molar-refractivity contribution >= 4 is 17.9 Å². The molecule has 0 heterocycles. The second kappa shape index (κ2) is 43.6. The summed E-state index contributed by atoms with van der Waals surface area (Å²) >= 11 is 0. The summed E-state index contributed by atoms with van der Waals surface area (Å²) in [5, 5.41) is 0. The minimum atomic E-state index is -0.790. The molecule has 0 fully saturated rings. The summed E-state index contributed by atoms with van der Waals surface area (Å²) in [6.07, 6.45) is 53.4. The molecule has 0 rings (SSSR count). The van der Waals surface area contributed by atoms with Crippen LogP contribution in [0.25, 0.3) is 0 Å². The van der Waals surface area contributed by atoms with Gasteiger partial charge in [-0.3, -0.25) is 14.4 Å². The van der Waals surface area contributed by atoms with E-state index in [1.165, 1.54) is 51.4 Å². The molecule has 0 aromatic heterocycles. The first-order chi connectivity index (χ1) is 27.0. The van der Waals surface area contributed by atoms with E-state index in [2.05, 4.69) is 93.7 Å². The van der Waals surface area contributed by atoms with Crippen LogP contribution in [0.2, 0.25) is 0 Å². The molecule has 0 bridgehead atoms. The molecule has 0 N–H and O–H groups in total. The van der Waals surface area contributed by atoms with Crippen LogP contribution in [0.15, 0.2) is 72.9 Å². The number of rotatable bonds is 39. The zero-order valence-electron chi connectivity index (χ0n) is 35.7. The van der Waals surface area contributed by atoms with Gasteiger partial charge < -0.3 is 14.2 Å². The topological polar surface area (TPSA) is 78.9 Å². The van der Waals surface area contributed by atoms with Crippen LogP contribution in [0.5, 0.6) is 0 Å². The van der Waals surface area contributed by atoms with Gasteiger partial charge in [0.2, 0.25) is 0 Å². The number of carbonyl (C=O) groups is 3. The second-order valence-corrected chi connectivity index (χ2v) is 14.6. The Morgan fingerprint density at radius 2 is 0.709 bits per heavy atom. The van der Waals surface area contributed by atoms with Gasteiger partial charge in [0.1, 0.15) is 13.2 Å². The van der Waals surface area contributed by atoms with Crippen molar-refractivity contribution in [3.8, 4) is 0 Å². The van der Waals surface area contributed by atoms with Crippen molar-refractivity contribution in [2.75, 3.05) is 13.2 Å². The maximum absolute atomic E-state index is 12.6. The van der Waals surface area contributed by atoms with Gasteiger partial charge >= 0.3 is 17.9 Å². The van der Waals surface area contributed by atoms with Crippen LogP contribution in [0.3, 0.4) is 0 Å². The minimum Gasteiger partial charge on any atom is -0.462 e. The molecule has 0 saturated carbocycles. The van der Waals surface area contributed by atoms with E-state index in [9.17, 15) is 14.4 Å². The van der Waals surface area contributed by atoms with E-state index < -0.39 is 6.10 Å². The van der Waals surface area contributed by atoms with Gasteiger partial charge in [0.15, 0.2) is 6.10 Å². The van der Waals surface area contributed by atoms with E-state index in [1.54, 1.807) is 0 Å². The Labute approximate surface area is 338 Å². The fourth-order valence-electron chi connectivity index (χ4n) is 5.81. The predicted molar refractivity (Wildman–Crippen MR) is 233 cm³/mol. The Balaban J connectivity index is 4.28. The average molecular weight is 767 g/mol. The van der Waals surface area contributed by atoms with Gasteiger partial charge in [-0.05, 0) is 89.9 Å². The molecule has 1 atom stereocenters. The van der Waals surface area contributed by atoms with Crippen molar-refractivity contribution < 1.29 is 28.6 Å². The number of unbranched alkanes of at least 4 members (excludes halogenated alkanes) is 16. The first kappa shape index (κ1) is 51.9. The molecule has 0 radical (unpaired) electrons. The van der Waals surface area contributed by atoms with E-state index in [0.29, 0.717) is 19.3 Å². The SMILES string of the molecule is CC/C=C\C/C=C\C/C=C\CCCCCC(=O)OC(COC(=O)CCCCCCC)COC(=O)CCCCCCCC/C=C\C/C=C\C/C=C\CCCCC. The summed E-state index contributed by atoms with van der Waals surface area (Å²) in [7, 11) is 0. The fraction of sp³-hybridized carbons (Fsp3) is 0.694. The average Bonchev–Trinajstić information content (AvgIpc) is 3.18. The van der Waals surface area contributed by atoms with Crippen LogP contribution in [-0.4, -0.2) is 37.2 Å². The lowest BCUT2D eigenvalue weighted by Gasteiger charge is -2.18. The van der Waals surface area contributed by atoms with E-state index in [1.807, 2.05) is 0 Å². The Bertz CT molecular complexity index is 1070. The van der Waals surface area contributed by atoms with Gasteiger partial charge in [-0.2, -0.15) is 0 Å². The van der Waals surface area contributed by atoms with Crippen LogP contribution in [-0.2, 0) is 28.6 Å². The highest BCUT2D eigenvalue weighted by atomic mass is 16.6. The molecule has 0 saturated heterocycles. The fourth-order valence-corrected chi connectivity index (χ4v) is 5.81. The number of carbonyl (C=O) groups excluding carboxylic acids is 3. The Kier molecular flexibility index (Phi) is 41.1. The summed E-state index contributed by atoms with van der Waals surface area (Å²) < 4.78 is 16.6. The lowest BCUT2D eigenvalue weighted by Crippen LogP contribution is -2.30. The van der Waals surface area contributed by atoms with E-state index in [4.69, 9.17) is 14.2 Å². The Morgan fingerprint density at radius 3 is 1.16 bits per heavy atom. The standard InChI is InChI=1S/C49H82O6/c1-4-7-10-13-15-17-19-21-22-23-24-25-26-28-29-31-33-36-39-42-48(51)54-45-46(44-53-47(50)41-38-35-12-9-6-3)55-49(52)43-40-37-34-32-30-27-20-18-16-14-11-8-5-2/h8,11,15-18,21-22,24-25,27,30,46H,4-7,9-10,12-14,19-20,23,26,28-29,31-45H2,1-3H3/b11-8-,17-15-,18-16-,22-21-,25-24-,30-27-. The number of esters is 3. The van der Waals surface area contributed by atoms with Gasteiger partial charge in [-0.15, -0.1) is 0 Å². The number of allylic oxidation sites excluding steroid dienone is 12. The summed E-state index contributed by atoms with van der Waals surface area (Å²) in [6.45, 7) is 6.35. The predicted octanol–water partition coefficient (Wildman–Crippen LogP) is 14.3. The Morgan fingerprint density at radius 1 is 0.382 bits per heavy atom. The third-order valence-corrected chi connectivity index (χ3v) is 9.20. The molecule has 314 valence electrons. The monoisotopic (exact) mass is 767 g/mol. The maximum Gasteiger partial charge on any atom is 0.306 e. The molecular weight excluding hydrogens is 685 g/mol. The van der Waals surface area contributed by atoms with E-state index in [-0.39, 0.29) is 31.1 Å². The summed E-state index contributed by atoms with van der Waals surface area (Å²) in [6, 6.07) is 0. The van der Waals surface area contributed by atoms with Gasteiger partial charge in [0.25, 0.3) is 0 Å². The van der Waals surface area contributed by atoms with Crippen LogP contribution < -0.4 is 0 Å². The van der Waals surface area contributed by atoms with Crippen molar-refractivity contribution in [2.24, 2.45) is 0 Å². The molecule has 6 nitrogen and oxygen atoms in total. The lowest BCUT2D eigenvalue weighted by atomic mass is 10.1. The first-order valence-corrected chi connectivity index (χ1v) is 22.4. The van der Waals surface area contributed by atoms with E-state index in [0.717, 1.165) is 109 Å². The third kappa shape index (κ3) is 41.8. The first-order valence-electron chi connectivity index (χ1n) is 22.4. The van der Waals surface area contributed by atoms with Gasteiger partial charge in [0, 0.05) is 19.3 Å². The van der Waals surface area contributed by atoms with Crippen molar-refractivity contribution in [1.82, 2.24) is 0 Å². The number of hydrogen-bond donors (Lipinski definition) is 0. The molecule has 0 amide bonds. The smallest absolute Gasteiger partial charge is 0.306 e. The van der Waals surface area contributed by atoms with Crippen molar-refractivity contribution in [2.45, 2.75) is 207 Å². The van der Waals surface area contributed by atoms with Crippen molar-refractivity contribution in [3.05, 3.63) is 72.9 Å². The summed E-state index contributed by atoms with van der Waals surface area (Å²) in [5.41, 5.74) is 0. The van der Waals surface area contributed by atoms with Gasteiger partial charge in [-0.25, -0.2) is 0 Å². The zero-order valence-corrected chi connectivity index (χ0v) is 35.7. The Hall–Kier alpha value is -3.15. The van der Waals surface area contributed by atoms with Crippen molar-refractivity contribution in [1.29, 1.82) is 0 Å². The lowest BCUT2D eigenvalue weighted by molar-refractivity contribution is -0.167. The van der Waals surface area contributed by atoms with Crippen LogP contribution in [0.1, 0.15) is 201 Å². The maximum atomic E-state index is 12.6. The summed E-state index contributed by atoms with van der Waals surface area (Å²) in [5.74, 6) is -0.957.